The number of carboxylic acid groups (broad SMARTS) is 1. The van der Waals surface area contributed by atoms with E-state index in [0.29, 0.717) is 6.54 Å². The molecule has 1 aliphatic rings. The van der Waals surface area contributed by atoms with Crippen molar-refractivity contribution in [1.29, 1.82) is 0 Å². The Morgan fingerprint density at radius 3 is 2.77 bits per heavy atom. The van der Waals surface area contributed by atoms with Gasteiger partial charge >= 0.3 is 5.97 Å². The van der Waals surface area contributed by atoms with Crippen LogP contribution in [0.4, 0.5) is 0 Å². The molecule has 3 rings (SSSR count). The minimum atomic E-state index is -1.11. The van der Waals surface area contributed by atoms with Crippen LogP contribution in [0, 0.1) is 0 Å². The third-order valence-electron chi connectivity index (χ3n) is 3.94. The van der Waals surface area contributed by atoms with Gasteiger partial charge in [0.1, 0.15) is 12.0 Å². The van der Waals surface area contributed by atoms with Gasteiger partial charge < -0.3 is 18.8 Å². The molecule has 1 unspecified atom stereocenters. The molecule has 0 saturated carbocycles. The molecule has 1 amide bonds. The summed E-state index contributed by atoms with van der Waals surface area (Å²) in [5.74, 6) is -0.604. The number of carboxylic acids is 1. The summed E-state index contributed by atoms with van der Waals surface area (Å²) in [7, 11) is 0. The maximum absolute atomic E-state index is 12.7. The first-order valence-corrected chi connectivity index (χ1v) is 7.33. The van der Waals surface area contributed by atoms with Crippen molar-refractivity contribution < 1.29 is 23.5 Å². The number of hydrogen-bond donors (Lipinski definition) is 1. The van der Waals surface area contributed by atoms with E-state index in [1.807, 2.05) is 6.07 Å². The van der Waals surface area contributed by atoms with E-state index < -0.39 is 5.97 Å². The summed E-state index contributed by atoms with van der Waals surface area (Å²) in [5.41, 5.74) is -0.0206. The molecule has 0 radical (unpaired) electrons. The summed E-state index contributed by atoms with van der Waals surface area (Å²) in [5, 5.41) is 8.94. The number of nitrogens with zero attached hydrogens (tertiary/aromatic N) is 1. The summed E-state index contributed by atoms with van der Waals surface area (Å²) in [4.78, 5) is 25.3. The Kier molecular flexibility index (Phi) is 4.00. The smallest absolute Gasteiger partial charge is 0.338 e. The lowest BCUT2D eigenvalue weighted by molar-refractivity contribution is 0.0625. The highest BCUT2D eigenvalue weighted by molar-refractivity contribution is 5.95. The largest absolute Gasteiger partial charge is 0.478 e. The van der Waals surface area contributed by atoms with Crippen LogP contribution in [0.25, 0.3) is 0 Å². The number of rotatable bonds is 3. The Morgan fingerprint density at radius 1 is 1.23 bits per heavy atom. The van der Waals surface area contributed by atoms with Crippen molar-refractivity contribution in [3.05, 3.63) is 47.8 Å². The van der Waals surface area contributed by atoms with Gasteiger partial charge in [-0.3, -0.25) is 4.79 Å². The summed E-state index contributed by atoms with van der Waals surface area (Å²) >= 11 is 0. The fourth-order valence-corrected chi connectivity index (χ4v) is 2.83. The van der Waals surface area contributed by atoms with Gasteiger partial charge in [0.05, 0.1) is 17.9 Å². The molecule has 1 N–H and O–H groups in total. The molecule has 0 bridgehead atoms. The van der Waals surface area contributed by atoms with E-state index in [0.717, 1.165) is 37.7 Å². The van der Waals surface area contributed by atoms with Crippen molar-refractivity contribution in [2.75, 3.05) is 6.54 Å². The lowest BCUT2D eigenvalue weighted by Crippen LogP contribution is -2.34. The van der Waals surface area contributed by atoms with Gasteiger partial charge in [-0.25, -0.2) is 4.79 Å². The predicted octanol–water partition coefficient (Wildman–Crippen LogP) is 3.33. The second-order valence-corrected chi connectivity index (χ2v) is 5.38. The van der Waals surface area contributed by atoms with Crippen LogP contribution < -0.4 is 0 Å². The van der Waals surface area contributed by atoms with Gasteiger partial charge in [0.25, 0.3) is 5.91 Å². The monoisotopic (exact) mass is 303 g/mol. The molecule has 6 heteroatoms. The van der Waals surface area contributed by atoms with E-state index in [4.69, 9.17) is 13.9 Å². The average Bonchev–Trinajstić information content (AvgIpc) is 3.14. The second-order valence-electron chi connectivity index (χ2n) is 5.38. The summed E-state index contributed by atoms with van der Waals surface area (Å²) < 4.78 is 10.6. The zero-order chi connectivity index (χ0) is 15.5. The molecule has 1 saturated heterocycles. The summed E-state index contributed by atoms with van der Waals surface area (Å²) in [6.07, 6.45) is 6.50. The highest BCUT2D eigenvalue weighted by Crippen LogP contribution is 2.31. The predicted molar refractivity (Wildman–Crippen MR) is 76.6 cm³/mol. The van der Waals surface area contributed by atoms with Gasteiger partial charge in [0, 0.05) is 12.6 Å². The van der Waals surface area contributed by atoms with Gasteiger partial charge in [-0.2, -0.15) is 0 Å². The molecule has 1 fully saturated rings. The molecule has 2 aromatic heterocycles. The Bertz CT molecular complexity index is 658. The normalized spacial score (nSPS) is 18.9. The SMILES string of the molecule is O=C(O)c1coc(C(=O)N2CCCCCC2c2ccco2)c1. The van der Waals surface area contributed by atoms with Gasteiger partial charge in [-0.15, -0.1) is 0 Å². The number of amides is 1. The Morgan fingerprint density at radius 2 is 2.09 bits per heavy atom. The van der Waals surface area contributed by atoms with Crippen molar-refractivity contribution in [1.82, 2.24) is 4.90 Å². The lowest BCUT2D eigenvalue weighted by Gasteiger charge is -2.27. The molecule has 1 aliphatic heterocycles. The van der Waals surface area contributed by atoms with Crippen molar-refractivity contribution in [2.24, 2.45) is 0 Å². The number of likely N-dealkylation sites (tertiary alicyclic amines) is 1. The molecule has 6 nitrogen and oxygen atoms in total. The Balaban J connectivity index is 1.88. The fraction of sp³-hybridized carbons (Fsp3) is 0.375. The standard InChI is InChI=1S/C16H17NO5/c18-15(14-9-11(10-22-14)16(19)20)17-7-3-1-2-5-12(17)13-6-4-8-21-13/h4,6,8-10,12H,1-3,5,7H2,(H,19,20). The van der Waals surface area contributed by atoms with Crippen molar-refractivity contribution in [3.8, 4) is 0 Å². The first-order valence-electron chi connectivity index (χ1n) is 7.33. The van der Waals surface area contributed by atoms with Gasteiger partial charge in [-0.1, -0.05) is 12.8 Å². The van der Waals surface area contributed by atoms with Gasteiger partial charge in [-0.05, 0) is 25.0 Å². The molecular formula is C16H17NO5. The third-order valence-corrected chi connectivity index (χ3v) is 3.94. The minimum Gasteiger partial charge on any atom is -0.478 e. The lowest BCUT2D eigenvalue weighted by atomic mass is 10.1. The first kappa shape index (κ1) is 14.4. The number of carbonyl (C=O) groups is 2. The van der Waals surface area contributed by atoms with Crippen molar-refractivity contribution in [2.45, 2.75) is 31.7 Å². The molecular weight excluding hydrogens is 286 g/mol. The van der Waals surface area contributed by atoms with E-state index >= 15 is 0 Å². The molecule has 1 atom stereocenters. The zero-order valence-electron chi connectivity index (χ0n) is 12.0. The van der Waals surface area contributed by atoms with Crippen LogP contribution in [0.5, 0.6) is 0 Å². The van der Waals surface area contributed by atoms with Gasteiger partial charge in [0.15, 0.2) is 5.76 Å². The number of hydrogen-bond acceptors (Lipinski definition) is 4. The fourth-order valence-electron chi connectivity index (χ4n) is 2.83. The maximum atomic E-state index is 12.7. The van der Waals surface area contributed by atoms with Crippen LogP contribution in [0.15, 0.2) is 39.6 Å². The first-order chi connectivity index (χ1) is 10.7. The number of furan rings is 2. The van der Waals surface area contributed by atoms with Crippen LogP contribution in [0.3, 0.4) is 0 Å². The second kappa shape index (κ2) is 6.09. The van der Waals surface area contributed by atoms with Crippen LogP contribution in [-0.2, 0) is 0 Å². The summed E-state index contributed by atoms with van der Waals surface area (Å²) in [6, 6.07) is 4.80. The van der Waals surface area contributed by atoms with Crippen LogP contribution in [0.2, 0.25) is 0 Å². The topological polar surface area (TPSA) is 83.9 Å². The zero-order valence-corrected chi connectivity index (χ0v) is 12.0. The quantitative estimate of drug-likeness (QED) is 0.940. The molecule has 0 spiro atoms. The number of aromatic carboxylic acids is 1. The minimum absolute atomic E-state index is 0.0206. The molecule has 0 aliphatic carbocycles. The molecule has 116 valence electrons. The average molecular weight is 303 g/mol. The Hall–Kier alpha value is -2.50. The van der Waals surface area contributed by atoms with Crippen LogP contribution >= 0.6 is 0 Å². The van der Waals surface area contributed by atoms with Crippen LogP contribution in [-0.4, -0.2) is 28.4 Å². The van der Waals surface area contributed by atoms with Gasteiger partial charge in [0.2, 0.25) is 0 Å². The summed E-state index contributed by atoms with van der Waals surface area (Å²) in [6.45, 7) is 0.604. The van der Waals surface area contributed by atoms with E-state index in [2.05, 4.69) is 0 Å². The Labute approximate surface area is 127 Å². The molecule has 3 heterocycles. The van der Waals surface area contributed by atoms with E-state index in [1.165, 1.54) is 6.07 Å². The number of carbonyl (C=O) groups excluding carboxylic acids is 1. The van der Waals surface area contributed by atoms with Crippen LogP contribution in [0.1, 0.15) is 58.4 Å². The molecule has 22 heavy (non-hydrogen) atoms. The third kappa shape index (κ3) is 2.77. The maximum Gasteiger partial charge on any atom is 0.338 e. The van der Waals surface area contributed by atoms with E-state index in [1.54, 1.807) is 17.2 Å². The van der Waals surface area contributed by atoms with Crippen molar-refractivity contribution >= 4 is 11.9 Å². The van der Waals surface area contributed by atoms with E-state index in [9.17, 15) is 9.59 Å². The highest BCUT2D eigenvalue weighted by Gasteiger charge is 2.31. The highest BCUT2D eigenvalue weighted by atomic mass is 16.4. The molecule has 0 aromatic carbocycles. The van der Waals surface area contributed by atoms with Crippen molar-refractivity contribution in [3.63, 3.8) is 0 Å². The van der Waals surface area contributed by atoms with E-state index in [-0.39, 0.29) is 23.3 Å². The molecule has 2 aromatic rings.